The lowest BCUT2D eigenvalue weighted by Gasteiger charge is -2.42. The second-order valence-electron chi connectivity index (χ2n) is 10.5. The maximum Gasteiger partial charge on any atom is 0.240 e. The Morgan fingerprint density at radius 1 is 0.523 bits per heavy atom. The fourth-order valence-corrected chi connectivity index (χ4v) is 7.73. The van der Waals surface area contributed by atoms with E-state index in [1.54, 1.807) is 24.3 Å². The highest BCUT2D eigenvalue weighted by atomic mass is 35.5. The van der Waals surface area contributed by atoms with Gasteiger partial charge in [-0.15, -0.1) is 0 Å². The number of benzene rings is 4. The Hall–Kier alpha value is -2.80. The lowest BCUT2D eigenvalue weighted by Crippen LogP contribution is -2.52. The first-order valence-electron chi connectivity index (χ1n) is 14.2. The van der Waals surface area contributed by atoms with Gasteiger partial charge in [-0.05, 0) is 59.7 Å². The van der Waals surface area contributed by atoms with Crippen LogP contribution in [0.5, 0.6) is 0 Å². The van der Waals surface area contributed by atoms with E-state index in [0.29, 0.717) is 36.2 Å². The molecule has 1 fully saturated rings. The normalized spacial score (nSPS) is 16.4. The van der Waals surface area contributed by atoms with Crippen molar-refractivity contribution in [3.8, 4) is 0 Å². The molecule has 1 heterocycles. The molecule has 0 spiro atoms. The van der Waals surface area contributed by atoms with Crippen LogP contribution < -0.4 is 9.44 Å². The second-order valence-corrected chi connectivity index (χ2v) is 14.9. The van der Waals surface area contributed by atoms with Crippen molar-refractivity contribution in [3.63, 3.8) is 0 Å². The van der Waals surface area contributed by atoms with Gasteiger partial charge in [0.05, 0.1) is 9.79 Å². The van der Waals surface area contributed by atoms with Gasteiger partial charge >= 0.3 is 0 Å². The van der Waals surface area contributed by atoms with Crippen molar-refractivity contribution in [2.45, 2.75) is 21.9 Å². The lowest BCUT2D eigenvalue weighted by molar-refractivity contribution is 0.0703. The van der Waals surface area contributed by atoms with Gasteiger partial charge in [0.1, 0.15) is 0 Å². The van der Waals surface area contributed by atoms with E-state index in [9.17, 15) is 16.8 Å². The Labute approximate surface area is 269 Å². The lowest BCUT2D eigenvalue weighted by atomic mass is 10.0. The Balaban J connectivity index is 1.30. The number of hydrogen-bond donors (Lipinski definition) is 2. The molecular formula is C32H34Cl2N4O4S2. The average Bonchev–Trinajstić information content (AvgIpc) is 3.03. The van der Waals surface area contributed by atoms with Crippen molar-refractivity contribution in [3.05, 3.63) is 130 Å². The van der Waals surface area contributed by atoms with Gasteiger partial charge in [-0.3, -0.25) is 9.80 Å². The van der Waals surface area contributed by atoms with E-state index in [2.05, 4.69) is 19.2 Å². The van der Waals surface area contributed by atoms with Crippen LogP contribution in [-0.2, 0) is 20.0 Å². The Morgan fingerprint density at radius 2 is 0.841 bits per heavy atom. The first kappa shape index (κ1) is 32.6. The third kappa shape index (κ3) is 8.26. The van der Waals surface area contributed by atoms with Crippen LogP contribution in [0.2, 0.25) is 10.0 Å². The van der Waals surface area contributed by atoms with Crippen molar-refractivity contribution < 1.29 is 16.8 Å². The summed E-state index contributed by atoms with van der Waals surface area (Å²) in [4.78, 5) is 4.86. The molecule has 1 aliphatic rings. The summed E-state index contributed by atoms with van der Waals surface area (Å²) in [7, 11) is -7.49. The average molecular weight is 674 g/mol. The van der Waals surface area contributed by atoms with E-state index < -0.39 is 20.0 Å². The Kier molecular flexibility index (Phi) is 10.8. The Bertz CT molecular complexity index is 1590. The van der Waals surface area contributed by atoms with Gasteiger partial charge in [0, 0.05) is 61.4 Å². The maximum absolute atomic E-state index is 13.1. The first-order valence-corrected chi connectivity index (χ1v) is 17.9. The van der Waals surface area contributed by atoms with E-state index in [4.69, 9.17) is 23.2 Å². The zero-order valence-electron chi connectivity index (χ0n) is 23.9. The molecule has 232 valence electrons. The van der Waals surface area contributed by atoms with Crippen molar-refractivity contribution in [1.82, 2.24) is 19.2 Å². The minimum absolute atomic E-state index is 0.158. The second kappa shape index (κ2) is 14.5. The molecule has 2 N–H and O–H groups in total. The van der Waals surface area contributed by atoms with Gasteiger partial charge in [0.2, 0.25) is 20.0 Å². The number of rotatable bonds is 12. The molecule has 4 aromatic rings. The number of hydrogen-bond acceptors (Lipinski definition) is 6. The fraction of sp³-hybridized carbons (Fsp3) is 0.250. The molecular weight excluding hydrogens is 639 g/mol. The first-order chi connectivity index (χ1) is 21.1. The van der Waals surface area contributed by atoms with Gasteiger partial charge in [0.25, 0.3) is 0 Å². The van der Waals surface area contributed by atoms with Crippen molar-refractivity contribution in [2.75, 3.05) is 39.3 Å². The molecule has 0 saturated carbocycles. The predicted molar refractivity (Wildman–Crippen MR) is 175 cm³/mol. The van der Waals surface area contributed by atoms with Crippen molar-refractivity contribution in [2.24, 2.45) is 0 Å². The summed E-state index contributed by atoms with van der Waals surface area (Å²) < 4.78 is 57.9. The van der Waals surface area contributed by atoms with Crippen LogP contribution in [0.15, 0.2) is 119 Å². The molecule has 2 unspecified atom stereocenters. The Morgan fingerprint density at radius 3 is 1.16 bits per heavy atom. The summed E-state index contributed by atoms with van der Waals surface area (Å²) in [5, 5.41) is 0.936. The molecule has 5 rings (SSSR count). The van der Waals surface area contributed by atoms with Crippen molar-refractivity contribution >= 4 is 43.2 Å². The SMILES string of the molecule is O=S(=O)(NCC(c1ccccc1)N1CCN(C(CNS(=O)(=O)c2ccc(Cl)cc2)c2ccccc2)CC1)c1ccc(Cl)cc1. The van der Waals surface area contributed by atoms with Crippen LogP contribution in [0.1, 0.15) is 23.2 Å². The molecule has 2 atom stereocenters. The van der Waals surface area contributed by atoms with E-state index in [-0.39, 0.29) is 35.0 Å². The number of nitrogens with one attached hydrogen (secondary N) is 2. The van der Waals surface area contributed by atoms with Crippen LogP contribution >= 0.6 is 23.2 Å². The smallest absolute Gasteiger partial charge is 0.240 e. The number of nitrogens with zero attached hydrogens (tertiary/aromatic N) is 2. The summed E-state index contributed by atoms with van der Waals surface area (Å²) in [5.74, 6) is 0. The largest absolute Gasteiger partial charge is 0.292 e. The maximum atomic E-state index is 13.1. The van der Waals surface area contributed by atoms with Crippen LogP contribution in [0.25, 0.3) is 0 Å². The van der Waals surface area contributed by atoms with Gasteiger partial charge in [-0.2, -0.15) is 0 Å². The van der Waals surface area contributed by atoms with Crippen LogP contribution in [-0.4, -0.2) is 65.9 Å². The van der Waals surface area contributed by atoms with Crippen molar-refractivity contribution in [1.29, 1.82) is 0 Å². The molecule has 8 nitrogen and oxygen atoms in total. The summed E-state index contributed by atoms with van der Waals surface area (Å²) >= 11 is 11.9. The minimum atomic E-state index is -3.74. The van der Waals surface area contributed by atoms with E-state index in [0.717, 1.165) is 11.1 Å². The molecule has 44 heavy (non-hydrogen) atoms. The van der Waals surface area contributed by atoms with Gasteiger partial charge in [0.15, 0.2) is 0 Å². The van der Waals surface area contributed by atoms with Crippen LogP contribution in [0, 0.1) is 0 Å². The van der Waals surface area contributed by atoms with Crippen LogP contribution in [0.4, 0.5) is 0 Å². The highest BCUT2D eigenvalue weighted by Crippen LogP contribution is 2.27. The van der Waals surface area contributed by atoms with E-state index in [1.165, 1.54) is 24.3 Å². The monoisotopic (exact) mass is 672 g/mol. The van der Waals surface area contributed by atoms with Gasteiger partial charge in [-0.25, -0.2) is 26.3 Å². The zero-order valence-corrected chi connectivity index (χ0v) is 27.0. The number of sulfonamides is 2. The highest BCUT2D eigenvalue weighted by Gasteiger charge is 2.31. The molecule has 12 heteroatoms. The quantitative estimate of drug-likeness (QED) is 0.211. The highest BCUT2D eigenvalue weighted by molar-refractivity contribution is 7.89. The molecule has 0 radical (unpaired) electrons. The van der Waals surface area contributed by atoms with E-state index >= 15 is 0 Å². The summed E-state index contributed by atoms with van der Waals surface area (Å²) in [6, 6.07) is 31.5. The minimum Gasteiger partial charge on any atom is -0.292 e. The molecule has 0 amide bonds. The summed E-state index contributed by atoms with van der Waals surface area (Å²) in [6.45, 7) is 3.03. The fourth-order valence-electron chi connectivity index (χ4n) is 5.40. The van der Waals surface area contributed by atoms with E-state index in [1.807, 2.05) is 60.7 Å². The molecule has 1 saturated heterocycles. The third-order valence-electron chi connectivity index (χ3n) is 7.78. The topological polar surface area (TPSA) is 98.8 Å². The molecule has 1 aliphatic heterocycles. The molecule has 0 bridgehead atoms. The predicted octanol–water partition coefficient (Wildman–Crippen LogP) is 5.35. The number of halogens is 2. The third-order valence-corrected chi connectivity index (χ3v) is 11.2. The van der Waals surface area contributed by atoms with Crippen LogP contribution in [0.3, 0.4) is 0 Å². The molecule has 0 aromatic heterocycles. The van der Waals surface area contributed by atoms with Gasteiger partial charge < -0.3 is 0 Å². The summed E-state index contributed by atoms with van der Waals surface area (Å²) in [6.07, 6.45) is 0. The standard InChI is InChI=1S/C32H34Cl2N4O4S2/c33-27-11-15-29(16-12-27)43(39,40)35-23-31(25-7-3-1-4-8-25)37-19-21-38(22-20-37)32(26-9-5-2-6-10-26)24-36-44(41,42)30-17-13-28(34)14-18-30/h1-18,31-32,35-36H,19-24H2. The summed E-state index contributed by atoms with van der Waals surface area (Å²) in [5.41, 5.74) is 2.02. The number of piperazine rings is 1. The van der Waals surface area contributed by atoms with Gasteiger partial charge in [-0.1, -0.05) is 83.9 Å². The molecule has 0 aliphatic carbocycles. The molecule has 4 aromatic carbocycles. The zero-order chi connectivity index (χ0) is 31.2.